The number of hydrogen-bond acceptors (Lipinski definition) is 5. The molecule has 0 aromatic heterocycles. The maximum absolute atomic E-state index is 10.6. The summed E-state index contributed by atoms with van der Waals surface area (Å²) in [5, 5.41) is 14.0. The van der Waals surface area contributed by atoms with Gasteiger partial charge in [-0.15, -0.1) is 0 Å². The summed E-state index contributed by atoms with van der Waals surface area (Å²) in [6.07, 6.45) is 0.878. The molecule has 0 saturated carbocycles. The van der Waals surface area contributed by atoms with Gasteiger partial charge in [0.05, 0.1) is 11.5 Å². The van der Waals surface area contributed by atoms with E-state index in [1.165, 1.54) is 12.1 Å². The smallest absolute Gasteiger partial charge is 0.269 e. The summed E-state index contributed by atoms with van der Waals surface area (Å²) in [4.78, 5) is 10.2. The predicted octanol–water partition coefficient (Wildman–Crippen LogP) is 2.05. The highest BCUT2D eigenvalue weighted by molar-refractivity contribution is 5.34. The number of ether oxygens (including phenoxy) is 2. The first kappa shape index (κ1) is 14.9. The third-order valence-electron chi connectivity index (χ3n) is 3.83. The summed E-state index contributed by atoms with van der Waals surface area (Å²) in [5.74, 6) is 0. The largest absolute Gasteiger partial charge is 0.378 e. The van der Waals surface area contributed by atoms with Crippen molar-refractivity contribution in [3.05, 3.63) is 39.9 Å². The van der Waals surface area contributed by atoms with Gasteiger partial charge >= 0.3 is 0 Å². The minimum atomic E-state index is -0.391. The number of nitrogens with one attached hydrogen (secondary N) is 1. The number of nitrogens with zero attached hydrogens (tertiary/aromatic N) is 1. The van der Waals surface area contributed by atoms with E-state index in [0.29, 0.717) is 13.2 Å². The number of rotatable bonds is 6. The lowest BCUT2D eigenvalue weighted by atomic mass is 10.0. The van der Waals surface area contributed by atoms with E-state index in [1.807, 2.05) is 6.92 Å². The Bertz CT molecular complexity index is 455. The fraction of sp³-hybridized carbons (Fsp3) is 0.571. The van der Waals surface area contributed by atoms with Crippen LogP contribution in [0.5, 0.6) is 0 Å². The van der Waals surface area contributed by atoms with Crippen molar-refractivity contribution in [2.24, 2.45) is 0 Å². The van der Waals surface area contributed by atoms with Gasteiger partial charge in [-0.05, 0) is 12.5 Å². The zero-order valence-electron chi connectivity index (χ0n) is 11.8. The van der Waals surface area contributed by atoms with Crippen molar-refractivity contribution in [2.45, 2.75) is 25.0 Å². The van der Waals surface area contributed by atoms with Crippen LogP contribution in [0.2, 0.25) is 0 Å². The van der Waals surface area contributed by atoms with Crippen LogP contribution in [0.1, 0.15) is 24.9 Å². The van der Waals surface area contributed by atoms with E-state index in [2.05, 4.69) is 5.32 Å². The van der Waals surface area contributed by atoms with Crippen LogP contribution in [-0.4, -0.2) is 37.4 Å². The van der Waals surface area contributed by atoms with Crippen molar-refractivity contribution in [1.29, 1.82) is 0 Å². The molecular weight excluding hydrogens is 260 g/mol. The molecule has 2 unspecified atom stereocenters. The maximum atomic E-state index is 10.6. The first-order valence-electron chi connectivity index (χ1n) is 6.67. The van der Waals surface area contributed by atoms with Gasteiger partial charge < -0.3 is 14.8 Å². The molecule has 1 heterocycles. The molecule has 0 bridgehead atoms. The lowest BCUT2D eigenvalue weighted by Gasteiger charge is -2.28. The Hall–Kier alpha value is -1.50. The van der Waals surface area contributed by atoms with Crippen molar-refractivity contribution in [1.82, 2.24) is 5.32 Å². The lowest BCUT2D eigenvalue weighted by molar-refractivity contribution is -0.384. The molecule has 0 aliphatic carbocycles. The van der Waals surface area contributed by atoms with Crippen LogP contribution < -0.4 is 5.32 Å². The molecule has 110 valence electrons. The molecule has 6 heteroatoms. The number of benzene rings is 1. The minimum absolute atomic E-state index is 0.100. The molecule has 1 aliphatic rings. The number of non-ortho nitro benzene ring substituents is 1. The maximum Gasteiger partial charge on any atom is 0.269 e. The van der Waals surface area contributed by atoms with Gasteiger partial charge in [0, 0.05) is 44.9 Å². The first-order chi connectivity index (χ1) is 9.56. The molecule has 0 spiro atoms. The van der Waals surface area contributed by atoms with Crippen LogP contribution in [-0.2, 0) is 9.47 Å². The molecule has 6 nitrogen and oxygen atoms in total. The van der Waals surface area contributed by atoms with Crippen molar-refractivity contribution < 1.29 is 14.4 Å². The second kappa shape index (κ2) is 6.30. The molecule has 2 atom stereocenters. The molecule has 20 heavy (non-hydrogen) atoms. The molecular formula is C14H20N2O4. The zero-order chi connectivity index (χ0) is 14.6. The van der Waals surface area contributed by atoms with E-state index in [0.717, 1.165) is 18.6 Å². The van der Waals surface area contributed by atoms with Gasteiger partial charge in [0.1, 0.15) is 5.60 Å². The van der Waals surface area contributed by atoms with Gasteiger partial charge in [0.2, 0.25) is 0 Å². The van der Waals surface area contributed by atoms with Crippen LogP contribution in [0, 0.1) is 10.1 Å². The Labute approximate surface area is 118 Å². The van der Waals surface area contributed by atoms with Crippen molar-refractivity contribution in [2.75, 3.05) is 26.9 Å². The lowest BCUT2D eigenvalue weighted by Crippen LogP contribution is -2.43. The SMILES string of the molecule is COC1(CNC(C)c2ccc([N+](=O)[O-])cc2)CCOC1. The summed E-state index contributed by atoms with van der Waals surface area (Å²) in [5.41, 5.74) is 0.869. The van der Waals surface area contributed by atoms with E-state index < -0.39 is 4.92 Å². The third kappa shape index (κ3) is 3.33. The Kier molecular flexibility index (Phi) is 4.69. The van der Waals surface area contributed by atoms with Gasteiger partial charge in [-0.3, -0.25) is 10.1 Å². The number of nitro groups is 1. The van der Waals surface area contributed by atoms with E-state index in [-0.39, 0.29) is 17.3 Å². The van der Waals surface area contributed by atoms with E-state index in [9.17, 15) is 10.1 Å². The van der Waals surface area contributed by atoms with Crippen LogP contribution in [0.25, 0.3) is 0 Å². The monoisotopic (exact) mass is 280 g/mol. The molecule has 1 saturated heterocycles. The molecule has 1 aromatic rings. The van der Waals surface area contributed by atoms with E-state index in [1.54, 1.807) is 19.2 Å². The molecule has 1 N–H and O–H groups in total. The summed E-state index contributed by atoms with van der Waals surface area (Å²) < 4.78 is 11.0. The Morgan fingerprint density at radius 1 is 1.50 bits per heavy atom. The summed E-state index contributed by atoms with van der Waals surface area (Å²) in [7, 11) is 1.70. The van der Waals surface area contributed by atoms with E-state index in [4.69, 9.17) is 9.47 Å². The summed E-state index contributed by atoms with van der Waals surface area (Å²) in [6, 6.07) is 6.71. The first-order valence-corrected chi connectivity index (χ1v) is 6.67. The molecule has 0 amide bonds. The van der Waals surface area contributed by atoms with Crippen LogP contribution >= 0.6 is 0 Å². The fourth-order valence-electron chi connectivity index (χ4n) is 2.30. The average molecular weight is 280 g/mol. The normalized spacial score (nSPS) is 23.7. The Balaban J connectivity index is 1.94. The second-order valence-electron chi connectivity index (χ2n) is 5.14. The average Bonchev–Trinajstić information content (AvgIpc) is 2.94. The van der Waals surface area contributed by atoms with Crippen molar-refractivity contribution in [3.63, 3.8) is 0 Å². The minimum Gasteiger partial charge on any atom is -0.378 e. The van der Waals surface area contributed by atoms with Gasteiger partial charge in [-0.1, -0.05) is 12.1 Å². The highest BCUT2D eigenvalue weighted by Crippen LogP contribution is 2.23. The van der Waals surface area contributed by atoms with Crippen molar-refractivity contribution in [3.8, 4) is 0 Å². The molecule has 2 rings (SSSR count). The summed E-state index contributed by atoms with van der Waals surface area (Å²) in [6.45, 7) is 4.05. The van der Waals surface area contributed by atoms with Crippen LogP contribution in [0.4, 0.5) is 5.69 Å². The Morgan fingerprint density at radius 2 is 2.20 bits per heavy atom. The van der Waals surface area contributed by atoms with Gasteiger partial charge in [0.25, 0.3) is 5.69 Å². The third-order valence-corrected chi connectivity index (χ3v) is 3.83. The highest BCUT2D eigenvalue weighted by Gasteiger charge is 2.34. The quantitative estimate of drug-likeness (QED) is 0.637. The summed E-state index contributed by atoms with van der Waals surface area (Å²) >= 11 is 0. The van der Waals surface area contributed by atoms with Crippen LogP contribution in [0.15, 0.2) is 24.3 Å². The second-order valence-corrected chi connectivity index (χ2v) is 5.14. The van der Waals surface area contributed by atoms with E-state index >= 15 is 0 Å². The molecule has 0 radical (unpaired) electrons. The fourth-order valence-corrected chi connectivity index (χ4v) is 2.30. The molecule has 1 aromatic carbocycles. The van der Waals surface area contributed by atoms with Gasteiger partial charge in [-0.25, -0.2) is 0 Å². The number of nitro benzene ring substituents is 1. The highest BCUT2D eigenvalue weighted by atomic mass is 16.6. The number of methoxy groups -OCH3 is 1. The topological polar surface area (TPSA) is 73.6 Å². The molecule has 1 fully saturated rings. The van der Waals surface area contributed by atoms with Crippen LogP contribution in [0.3, 0.4) is 0 Å². The number of hydrogen-bond donors (Lipinski definition) is 1. The predicted molar refractivity (Wildman–Crippen MR) is 74.7 cm³/mol. The van der Waals surface area contributed by atoms with Crippen molar-refractivity contribution >= 4 is 5.69 Å². The van der Waals surface area contributed by atoms with Gasteiger partial charge in [0.15, 0.2) is 0 Å². The Morgan fingerprint density at radius 3 is 2.70 bits per heavy atom. The zero-order valence-corrected chi connectivity index (χ0v) is 11.8. The standard InChI is InChI=1S/C14H20N2O4/c1-11(12-3-5-13(6-4-12)16(17)18)15-9-14(19-2)7-8-20-10-14/h3-6,11,15H,7-10H2,1-2H3. The van der Waals surface area contributed by atoms with Gasteiger partial charge in [-0.2, -0.15) is 0 Å². The molecule has 1 aliphatic heterocycles.